The summed E-state index contributed by atoms with van der Waals surface area (Å²) >= 11 is 0. The van der Waals surface area contributed by atoms with E-state index in [1.165, 1.54) is 24.5 Å². The number of nitrogens with one attached hydrogen (secondary N) is 2. The summed E-state index contributed by atoms with van der Waals surface area (Å²) in [6.07, 6.45) is 2.89. The molecule has 1 aromatic heterocycles. The lowest BCUT2D eigenvalue weighted by Gasteiger charge is -2.09. The highest BCUT2D eigenvalue weighted by molar-refractivity contribution is 5.92. The summed E-state index contributed by atoms with van der Waals surface area (Å²) in [5.74, 6) is 0.644. The standard InChI is InChI=1S/C20H19FN4O2/c1-27-18-5-3-2-4-15(18)11-25-20(26)17-12-24-19(13-22-17)23-10-14-6-8-16(21)9-7-14/h2-9,12-13H,10-11H2,1H3,(H,23,24)(H,25,26). The van der Waals surface area contributed by atoms with Crippen LogP contribution < -0.4 is 15.4 Å². The highest BCUT2D eigenvalue weighted by atomic mass is 19.1. The van der Waals surface area contributed by atoms with Crippen molar-refractivity contribution in [1.29, 1.82) is 0 Å². The fourth-order valence-corrected chi connectivity index (χ4v) is 2.45. The van der Waals surface area contributed by atoms with E-state index < -0.39 is 0 Å². The molecule has 0 saturated heterocycles. The number of methoxy groups -OCH3 is 1. The predicted molar refractivity (Wildman–Crippen MR) is 99.9 cm³/mol. The minimum absolute atomic E-state index is 0.220. The quantitative estimate of drug-likeness (QED) is 0.672. The normalized spacial score (nSPS) is 10.3. The minimum atomic E-state index is -0.321. The van der Waals surface area contributed by atoms with Gasteiger partial charge >= 0.3 is 0 Å². The number of hydrogen-bond donors (Lipinski definition) is 2. The lowest BCUT2D eigenvalue weighted by atomic mass is 10.2. The Morgan fingerprint density at radius 3 is 2.52 bits per heavy atom. The van der Waals surface area contributed by atoms with Crippen molar-refractivity contribution in [3.8, 4) is 5.75 Å². The first-order chi connectivity index (χ1) is 13.2. The van der Waals surface area contributed by atoms with Crippen molar-refractivity contribution in [2.24, 2.45) is 0 Å². The largest absolute Gasteiger partial charge is 0.496 e. The Balaban J connectivity index is 1.54. The molecule has 2 N–H and O–H groups in total. The second-order valence-electron chi connectivity index (χ2n) is 5.76. The van der Waals surface area contributed by atoms with Crippen molar-refractivity contribution >= 4 is 11.7 Å². The third-order valence-electron chi connectivity index (χ3n) is 3.90. The van der Waals surface area contributed by atoms with E-state index in [0.717, 1.165) is 11.1 Å². The van der Waals surface area contributed by atoms with Gasteiger partial charge in [-0.2, -0.15) is 0 Å². The van der Waals surface area contributed by atoms with Crippen LogP contribution in [0.3, 0.4) is 0 Å². The van der Waals surface area contributed by atoms with E-state index in [9.17, 15) is 9.18 Å². The Morgan fingerprint density at radius 2 is 1.81 bits per heavy atom. The average molecular weight is 366 g/mol. The number of carbonyl (C=O) groups excluding carboxylic acids is 1. The zero-order valence-corrected chi connectivity index (χ0v) is 14.8. The summed E-state index contributed by atoms with van der Waals surface area (Å²) in [4.78, 5) is 20.5. The predicted octanol–water partition coefficient (Wildman–Crippen LogP) is 3.17. The summed E-state index contributed by atoms with van der Waals surface area (Å²) in [5, 5.41) is 5.87. The van der Waals surface area contributed by atoms with Crippen LogP contribution in [0.25, 0.3) is 0 Å². The second-order valence-corrected chi connectivity index (χ2v) is 5.76. The van der Waals surface area contributed by atoms with Gasteiger partial charge in [-0.15, -0.1) is 0 Å². The number of benzene rings is 2. The molecule has 138 valence electrons. The van der Waals surface area contributed by atoms with Gasteiger partial charge in [0.2, 0.25) is 0 Å². The number of aromatic nitrogens is 2. The van der Waals surface area contributed by atoms with Crippen LogP contribution in [0.5, 0.6) is 5.75 Å². The number of hydrogen-bond acceptors (Lipinski definition) is 5. The number of rotatable bonds is 7. The molecule has 0 spiro atoms. The molecule has 0 aliphatic heterocycles. The summed E-state index contributed by atoms with van der Waals surface area (Å²) in [5.41, 5.74) is 2.01. The van der Waals surface area contributed by atoms with Crippen molar-refractivity contribution in [3.05, 3.63) is 83.6 Å². The fourth-order valence-electron chi connectivity index (χ4n) is 2.45. The molecule has 0 radical (unpaired) electrons. The topological polar surface area (TPSA) is 76.1 Å². The molecule has 0 atom stereocenters. The fraction of sp³-hybridized carbons (Fsp3) is 0.150. The first kappa shape index (κ1) is 18.3. The zero-order chi connectivity index (χ0) is 19.1. The number of amides is 1. The van der Waals surface area contributed by atoms with Gasteiger partial charge in [-0.1, -0.05) is 30.3 Å². The highest BCUT2D eigenvalue weighted by Crippen LogP contribution is 2.16. The first-order valence-electron chi connectivity index (χ1n) is 8.36. The van der Waals surface area contributed by atoms with E-state index in [0.29, 0.717) is 24.7 Å². The molecule has 0 fully saturated rings. The van der Waals surface area contributed by atoms with Gasteiger partial charge in [0.25, 0.3) is 5.91 Å². The second kappa shape index (κ2) is 8.75. The maximum atomic E-state index is 12.9. The van der Waals surface area contributed by atoms with Crippen LogP contribution >= 0.6 is 0 Å². The Bertz CT molecular complexity index is 899. The van der Waals surface area contributed by atoms with Gasteiger partial charge in [0, 0.05) is 18.7 Å². The van der Waals surface area contributed by atoms with Crippen molar-refractivity contribution in [3.63, 3.8) is 0 Å². The molecule has 0 aliphatic carbocycles. The third-order valence-corrected chi connectivity index (χ3v) is 3.90. The molecular weight excluding hydrogens is 347 g/mol. The van der Waals surface area contributed by atoms with Crippen LogP contribution in [0.4, 0.5) is 10.2 Å². The molecule has 1 amide bonds. The van der Waals surface area contributed by atoms with Gasteiger partial charge in [0.15, 0.2) is 0 Å². The van der Waals surface area contributed by atoms with E-state index in [-0.39, 0.29) is 17.4 Å². The molecule has 7 heteroatoms. The van der Waals surface area contributed by atoms with Gasteiger partial charge in [-0.05, 0) is 23.8 Å². The molecule has 1 heterocycles. The molecular formula is C20H19FN4O2. The van der Waals surface area contributed by atoms with Gasteiger partial charge in [-0.3, -0.25) is 4.79 Å². The third kappa shape index (κ3) is 5.01. The van der Waals surface area contributed by atoms with Crippen molar-refractivity contribution in [1.82, 2.24) is 15.3 Å². The Labute approximate surface area is 156 Å². The molecule has 0 saturated carbocycles. The monoisotopic (exact) mass is 366 g/mol. The van der Waals surface area contributed by atoms with E-state index in [4.69, 9.17) is 4.74 Å². The zero-order valence-electron chi connectivity index (χ0n) is 14.8. The molecule has 0 aliphatic rings. The molecule has 3 rings (SSSR count). The minimum Gasteiger partial charge on any atom is -0.496 e. The Morgan fingerprint density at radius 1 is 1.04 bits per heavy atom. The Kier molecular flexibility index (Phi) is 5.94. The van der Waals surface area contributed by atoms with Gasteiger partial charge in [0.05, 0.1) is 19.5 Å². The van der Waals surface area contributed by atoms with E-state index in [2.05, 4.69) is 20.6 Å². The van der Waals surface area contributed by atoms with Crippen LogP contribution in [-0.2, 0) is 13.1 Å². The number of nitrogens with zero attached hydrogens (tertiary/aromatic N) is 2. The van der Waals surface area contributed by atoms with E-state index in [1.807, 2.05) is 24.3 Å². The number of ether oxygens (including phenoxy) is 1. The number of anilines is 1. The van der Waals surface area contributed by atoms with Crippen LogP contribution in [-0.4, -0.2) is 23.0 Å². The van der Waals surface area contributed by atoms with Gasteiger partial charge in [-0.25, -0.2) is 14.4 Å². The molecule has 6 nitrogen and oxygen atoms in total. The molecule has 2 aromatic carbocycles. The number of halogens is 1. The number of para-hydroxylation sites is 1. The van der Waals surface area contributed by atoms with Crippen LogP contribution in [0.2, 0.25) is 0 Å². The first-order valence-corrected chi connectivity index (χ1v) is 8.36. The van der Waals surface area contributed by atoms with Gasteiger partial charge in [0.1, 0.15) is 23.1 Å². The number of carbonyl (C=O) groups is 1. The average Bonchev–Trinajstić information content (AvgIpc) is 2.72. The Hall–Kier alpha value is -3.48. The SMILES string of the molecule is COc1ccccc1CNC(=O)c1cnc(NCc2ccc(F)cc2)cn1. The van der Waals surface area contributed by atoms with Crippen LogP contribution in [0.15, 0.2) is 60.9 Å². The van der Waals surface area contributed by atoms with Gasteiger partial charge < -0.3 is 15.4 Å². The molecule has 0 unspecified atom stereocenters. The molecule has 27 heavy (non-hydrogen) atoms. The van der Waals surface area contributed by atoms with Crippen molar-refractivity contribution in [2.45, 2.75) is 13.1 Å². The summed E-state index contributed by atoms with van der Waals surface area (Å²) in [6.45, 7) is 0.809. The van der Waals surface area contributed by atoms with Crippen molar-refractivity contribution in [2.75, 3.05) is 12.4 Å². The molecule has 0 bridgehead atoms. The van der Waals surface area contributed by atoms with Crippen LogP contribution in [0, 0.1) is 5.82 Å². The van der Waals surface area contributed by atoms with E-state index in [1.54, 1.807) is 19.2 Å². The molecule has 3 aromatic rings. The van der Waals surface area contributed by atoms with E-state index >= 15 is 0 Å². The lowest BCUT2D eigenvalue weighted by Crippen LogP contribution is -2.24. The maximum Gasteiger partial charge on any atom is 0.271 e. The summed E-state index contributed by atoms with van der Waals surface area (Å²) < 4.78 is 18.2. The highest BCUT2D eigenvalue weighted by Gasteiger charge is 2.09. The van der Waals surface area contributed by atoms with Crippen LogP contribution in [0.1, 0.15) is 21.6 Å². The lowest BCUT2D eigenvalue weighted by molar-refractivity contribution is 0.0945. The smallest absolute Gasteiger partial charge is 0.271 e. The maximum absolute atomic E-state index is 12.9. The van der Waals surface area contributed by atoms with Crippen molar-refractivity contribution < 1.29 is 13.9 Å². The summed E-state index contributed by atoms with van der Waals surface area (Å²) in [7, 11) is 1.59. The summed E-state index contributed by atoms with van der Waals surface area (Å²) in [6, 6.07) is 13.6.